The summed E-state index contributed by atoms with van der Waals surface area (Å²) in [7, 11) is -3.78. The molecule has 2 aliphatic rings. The van der Waals surface area contributed by atoms with Crippen LogP contribution in [0.1, 0.15) is 68.1 Å². The van der Waals surface area contributed by atoms with E-state index in [1.807, 2.05) is 0 Å². The summed E-state index contributed by atoms with van der Waals surface area (Å²) in [6.45, 7) is 0.629. The highest BCUT2D eigenvalue weighted by Gasteiger charge is 2.26. The van der Waals surface area contributed by atoms with Gasteiger partial charge in [0, 0.05) is 12.6 Å². The maximum atomic E-state index is 12.9. The van der Waals surface area contributed by atoms with E-state index < -0.39 is 16.0 Å². The van der Waals surface area contributed by atoms with Gasteiger partial charge in [-0.2, -0.15) is 0 Å². The van der Waals surface area contributed by atoms with Gasteiger partial charge in [0.15, 0.2) is 0 Å². The van der Waals surface area contributed by atoms with Gasteiger partial charge >= 0.3 is 5.97 Å². The van der Waals surface area contributed by atoms with Crippen LogP contribution >= 0.6 is 0 Å². The molecule has 3 N–H and O–H groups in total. The average Bonchev–Trinajstić information content (AvgIpc) is 3.15. The van der Waals surface area contributed by atoms with E-state index in [4.69, 9.17) is 0 Å². The molecule has 1 saturated carbocycles. The summed E-state index contributed by atoms with van der Waals surface area (Å²) in [4.78, 5) is 11.3. The monoisotopic (exact) mass is 392 g/mol. The maximum absolute atomic E-state index is 12.9. The van der Waals surface area contributed by atoms with Crippen LogP contribution in [0.5, 0.6) is 0 Å². The quantitative estimate of drug-likeness (QED) is 0.583. The highest BCUT2D eigenvalue weighted by atomic mass is 32.2. The first-order valence-electron chi connectivity index (χ1n) is 9.77. The molecule has 0 aromatic heterocycles. The zero-order valence-electron chi connectivity index (χ0n) is 15.5. The third kappa shape index (κ3) is 5.32. The van der Waals surface area contributed by atoms with Crippen LogP contribution in [-0.4, -0.2) is 32.1 Å². The molecule has 0 spiro atoms. The lowest BCUT2D eigenvalue weighted by Gasteiger charge is -2.18. The van der Waals surface area contributed by atoms with Crippen LogP contribution in [0.2, 0.25) is 0 Å². The highest BCUT2D eigenvalue weighted by Crippen LogP contribution is 2.27. The number of nitrogens with one attached hydrogen (secondary N) is 2. The van der Waals surface area contributed by atoms with Crippen molar-refractivity contribution in [3.8, 4) is 0 Å². The summed E-state index contributed by atoms with van der Waals surface area (Å²) in [5.41, 5.74) is 1.84. The molecule has 148 valence electrons. The van der Waals surface area contributed by atoms with Crippen LogP contribution in [-0.2, 0) is 10.0 Å². The Hall–Kier alpha value is -1.86. The fourth-order valence-corrected chi connectivity index (χ4v) is 5.35. The predicted octanol–water partition coefficient (Wildman–Crippen LogP) is 3.91. The zero-order valence-corrected chi connectivity index (χ0v) is 16.4. The third-order valence-corrected chi connectivity index (χ3v) is 6.90. The fraction of sp³-hybridized carbons (Fsp3) is 0.550. The van der Waals surface area contributed by atoms with E-state index in [-0.39, 0.29) is 16.5 Å². The van der Waals surface area contributed by atoms with Crippen LogP contribution in [0.25, 0.3) is 0 Å². The van der Waals surface area contributed by atoms with E-state index in [0.717, 1.165) is 44.9 Å². The molecule has 0 radical (unpaired) electrons. The topological polar surface area (TPSA) is 95.5 Å². The van der Waals surface area contributed by atoms with Crippen molar-refractivity contribution in [2.45, 2.75) is 68.7 Å². The Kier molecular flexibility index (Phi) is 6.55. The molecule has 1 fully saturated rings. The second-order valence-corrected chi connectivity index (χ2v) is 9.09. The number of hydrogen-bond acceptors (Lipinski definition) is 4. The van der Waals surface area contributed by atoms with Gasteiger partial charge in [-0.15, -0.1) is 0 Å². The molecular weight excluding hydrogens is 364 g/mol. The largest absolute Gasteiger partial charge is 0.478 e. The van der Waals surface area contributed by atoms with Gasteiger partial charge in [0.25, 0.3) is 0 Å². The lowest BCUT2D eigenvalue weighted by molar-refractivity contribution is 0.0696. The summed E-state index contributed by atoms with van der Waals surface area (Å²) in [5, 5.41) is 12.5. The van der Waals surface area contributed by atoms with Crippen molar-refractivity contribution in [2.75, 3.05) is 11.9 Å². The van der Waals surface area contributed by atoms with Crippen molar-refractivity contribution in [3.63, 3.8) is 0 Å². The van der Waals surface area contributed by atoms with Gasteiger partial charge in [0.1, 0.15) is 4.90 Å². The van der Waals surface area contributed by atoms with Gasteiger partial charge < -0.3 is 10.4 Å². The average molecular weight is 393 g/mol. The number of benzene rings is 1. The predicted molar refractivity (Wildman–Crippen MR) is 106 cm³/mol. The van der Waals surface area contributed by atoms with Gasteiger partial charge in [0.05, 0.1) is 11.3 Å². The highest BCUT2D eigenvalue weighted by molar-refractivity contribution is 7.89. The zero-order chi connectivity index (χ0) is 19.3. The molecule has 7 heteroatoms. The molecule has 2 aliphatic carbocycles. The fourth-order valence-electron chi connectivity index (χ4n) is 3.84. The minimum absolute atomic E-state index is 0.0203. The van der Waals surface area contributed by atoms with Gasteiger partial charge in [-0.3, -0.25) is 0 Å². The van der Waals surface area contributed by atoms with E-state index in [9.17, 15) is 18.3 Å². The molecule has 0 unspecified atom stereocenters. The third-order valence-electron chi connectivity index (χ3n) is 5.34. The Labute approximate surface area is 161 Å². The molecule has 1 aromatic carbocycles. The number of aromatic carboxylic acids is 1. The summed E-state index contributed by atoms with van der Waals surface area (Å²) >= 11 is 0. The first kappa shape index (κ1) is 19.9. The molecule has 6 nitrogen and oxygen atoms in total. The minimum Gasteiger partial charge on any atom is -0.478 e. The number of anilines is 1. The van der Waals surface area contributed by atoms with E-state index in [2.05, 4.69) is 16.1 Å². The number of carboxylic acid groups (broad SMARTS) is 1. The summed E-state index contributed by atoms with van der Waals surface area (Å²) < 4.78 is 28.5. The van der Waals surface area contributed by atoms with Crippen molar-refractivity contribution in [2.24, 2.45) is 0 Å². The lowest BCUT2D eigenvalue weighted by atomic mass is 9.97. The van der Waals surface area contributed by atoms with Crippen LogP contribution in [0.4, 0.5) is 5.69 Å². The summed E-state index contributed by atoms with van der Waals surface area (Å²) in [6.07, 6.45) is 11.5. The number of rotatable bonds is 8. The summed E-state index contributed by atoms with van der Waals surface area (Å²) in [6, 6.07) is 4.19. The van der Waals surface area contributed by atoms with Crippen molar-refractivity contribution in [3.05, 3.63) is 35.4 Å². The Morgan fingerprint density at radius 2 is 1.93 bits per heavy atom. The maximum Gasteiger partial charge on any atom is 0.335 e. The standard InChI is InChI=1S/C20H28N2O4S/c23-20(24)16-10-11-18(21-13-12-15-6-2-1-3-7-15)19(14-16)27(25,26)22-17-8-4-5-9-17/h6,10-11,14,17,21-22H,1-5,7-9,12-13H2,(H,23,24). The number of sulfonamides is 1. The Morgan fingerprint density at radius 1 is 1.15 bits per heavy atom. The van der Waals surface area contributed by atoms with Crippen molar-refractivity contribution < 1.29 is 18.3 Å². The lowest BCUT2D eigenvalue weighted by Crippen LogP contribution is -2.33. The first-order valence-corrected chi connectivity index (χ1v) is 11.3. The molecule has 0 atom stereocenters. The van der Waals surface area contributed by atoms with Crippen molar-refractivity contribution in [1.29, 1.82) is 0 Å². The smallest absolute Gasteiger partial charge is 0.335 e. The Morgan fingerprint density at radius 3 is 2.59 bits per heavy atom. The van der Waals surface area contributed by atoms with Crippen LogP contribution in [0.3, 0.4) is 0 Å². The molecule has 0 saturated heterocycles. The van der Waals surface area contributed by atoms with Gasteiger partial charge in [0.2, 0.25) is 10.0 Å². The number of carboxylic acids is 1. The van der Waals surface area contributed by atoms with Crippen LogP contribution in [0.15, 0.2) is 34.7 Å². The number of hydrogen-bond donors (Lipinski definition) is 3. The van der Waals surface area contributed by atoms with E-state index in [1.54, 1.807) is 6.07 Å². The molecule has 1 aromatic rings. The van der Waals surface area contributed by atoms with Gasteiger partial charge in [-0.25, -0.2) is 17.9 Å². The second kappa shape index (κ2) is 8.89. The molecule has 3 rings (SSSR count). The molecule has 0 bridgehead atoms. The minimum atomic E-state index is -3.78. The second-order valence-electron chi connectivity index (χ2n) is 7.40. The van der Waals surface area contributed by atoms with Crippen LogP contribution in [0, 0.1) is 0 Å². The summed E-state index contributed by atoms with van der Waals surface area (Å²) in [5.74, 6) is -1.13. The van der Waals surface area contributed by atoms with E-state index in [0.29, 0.717) is 12.2 Å². The van der Waals surface area contributed by atoms with E-state index in [1.165, 1.54) is 30.5 Å². The molecule has 0 amide bonds. The number of carbonyl (C=O) groups is 1. The van der Waals surface area contributed by atoms with Crippen molar-refractivity contribution in [1.82, 2.24) is 4.72 Å². The normalized spacial score (nSPS) is 18.3. The molecular formula is C20H28N2O4S. The van der Waals surface area contributed by atoms with Gasteiger partial charge in [-0.05, 0) is 63.1 Å². The Balaban J connectivity index is 1.77. The van der Waals surface area contributed by atoms with Crippen LogP contribution < -0.4 is 10.0 Å². The Bertz CT molecular complexity index is 811. The van der Waals surface area contributed by atoms with Gasteiger partial charge in [-0.1, -0.05) is 24.5 Å². The molecule has 0 aliphatic heterocycles. The number of allylic oxidation sites excluding steroid dienone is 1. The SMILES string of the molecule is O=C(O)c1ccc(NCCC2=CCCCC2)c(S(=O)(=O)NC2CCCC2)c1. The first-order chi connectivity index (χ1) is 13.0. The van der Waals surface area contributed by atoms with E-state index >= 15 is 0 Å². The van der Waals surface area contributed by atoms with Crippen molar-refractivity contribution >= 4 is 21.7 Å². The molecule has 0 heterocycles. The molecule has 27 heavy (non-hydrogen) atoms.